The molecule has 0 aliphatic carbocycles. The third-order valence-corrected chi connectivity index (χ3v) is 4.02. The molecule has 17 heavy (non-hydrogen) atoms. The molecule has 1 fully saturated rings. The summed E-state index contributed by atoms with van der Waals surface area (Å²) in [5.74, 6) is 0.826. The second-order valence-corrected chi connectivity index (χ2v) is 6.72. The Labute approximate surface area is 108 Å². The highest BCUT2D eigenvalue weighted by atomic mass is 16.7. The zero-order valence-electron chi connectivity index (χ0n) is 12.5. The fourth-order valence-electron chi connectivity index (χ4n) is 2.12. The van der Waals surface area contributed by atoms with Crippen molar-refractivity contribution < 1.29 is 9.31 Å². The van der Waals surface area contributed by atoms with Crippen molar-refractivity contribution in [1.82, 2.24) is 0 Å². The van der Waals surface area contributed by atoms with Gasteiger partial charge in [0.15, 0.2) is 0 Å². The second-order valence-electron chi connectivity index (χ2n) is 6.72. The highest BCUT2D eigenvalue weighted by Gasteiger charge is 2.50. The number of unbranched alkanes of at least 4 members (excludes halogenated alkanes) is 2. The monoisotopic (exact) mass is 240 g/mol. The van der Waals surface area contributed by atoms with Crippen LogP contribution in [-0.4, -0.2) is 18.3 Å². The zero-order valence-corrected chi connectivity index (χ0v) is 12.5. The highest BCUT2D eigenvalue weighted by Crippen LogP contribution is 2.38. The lowest BCUT2D eigenvalue weighted by Gasteiger charge is -2.32. The van der Waals surface area contributed by atoms with E-state index in [-0.39, 0.29) is 18.3 Å². The minimum Gasteiger partial charge on any atom is -0.403 e. The minimum atomic E-state index is -0.171. The van der Waals surface area contributed by atoms with E-state index in [0.29, 0.717) is 0 Å². The van der Waals surface area contributed by atoms with E-state index in [1.54, 1.807) is 0 Å². The third-order valence-electron chi connectivity index (χ3n) is 4.02. The summed E-state index contributed by atoms with van der Waals surface area (Å²) in [5, 5.41) is 0. The molecule has 0 atom stereocenters. The molecule has 1 aliphatic rings. The van der Waals surface area contributed by atoms with E-state index in [1.165, 1.54) is 25.7 Å². The molecule has 0 aromatic carbocycles. The molecule has 0 aromatic heterocycles. The molecule has 0 saturated carbocycles. The average Bonchev–Trinajstić information content (AvgIpc) is 2.34. The number of hydrogen-bond donors (Lipinski definition) is 0. The van der Waals surface area contributed by atoms with Crippen LogP contribution in [-0.2, 0) is 9.31 Å². The Morgan fingerprint density at radius 3 is 1.88 bits per heavy atom. The van der Waals surface area contributed by atoms with Crippen molar-refractivity contribution in [2.75, 3.05) is 0 Å². The van der Waals surface area contributed by atoms with Gasteiger partial charge >= 0.3 is 7.12 Å². The van der Waals surface area contributed by atoms with E-state index in [4.69, 9.17) is 9.31 Å². The Kier molecular flexibility index (Phi) is 5.09. The van der Waals surface area contributed by atoms with Crippen molar-refractivity contribution in [2.24, 2.45) is 5.92 Å². The van der Waals surface area contributed by atoms with Crippen LogP contribution in [0, 0.1) is 5.92 Å². The van der Waals surface area contributed by atoms with Crippen LogP contribution in [0.3, 0.4) is 0 Å². The minimum absolute atomic E-state index is 0.000880. The van der Waals surface area contributed by atoms with E-state index < -0.39 is 0 Å². The maximum Gasteiger partial charge on any atom is 0.457 e. The maximum absolute atomic E-state index is 5.97. The lowest BCUT2D eigenvalue weighted by Crippen LogP contribution is -2.41. The normalized spacial score (nSPS) is 22.4. The van der Waals surface area contributed by atoms with Gasteiger partial charge in [0, 0.05) is 0 Å². The fourth-order valence-corrected chi connectivity index (χ4v) is 2.12. The van der Waals surface area contributed by atoms with Crippen LogP contribution in [0.5, 0.6) is 0 Å². The molecule has 0 N–H and O–H groups in total. The molecule has 2 nitrogen and oxygen atoms in total. The first kappa shape index (κ1) is 15.0. The van der Waals surface area contributed by atoms with Gasteiger partial charge < -0.3 is 9.31 Å². The molecule has 0 amide bonds. The van der Waals surface area contributed by atoms with Gasteiger partial charge in [0.25, 0.3) is 0 Å². The summed E-state index contributed by atoms with van der Waals surface area (Å²) in [6.07, 6.45) is 6.21. The van der Waals surface area contributed by atoms with E-state index in [0.717, 1.165) is 12.2 Å². The Hall–Kier alpha value is -0.0151. The molecule has 1 saturated heterocycles. The lowest BCUT2D eigenvalue weighted by atomic mass is 9.82. The summed E-state index contributed by atoms with van der Waals surface area (Å²) < 4.78 is 11.9. The fraction of sp³-hybridized carbons (Fsp3) is 1.00. The molecule has 0 spiro atoms. The van der Waals surface area contributed by atoms with Crippen molar-refractivity contribution in [1.29, 1.82) is 0 Å². The SMILES string of the molecule is CC(C)CCCCCB1OC(C)(C)C(C)(C)O1. The standard InChI is InChI=1S/C14H29BO2/c1-12(2)10-8-7-9-11-15-16-13(3,4)14(5,6)17-15/h12H,7-11H2,1-6H3. The second kappa shape index (κ2) is 5.75. The summed E-state index contributed by atoms with van der Waals surface area (Å²) in [4.78, 5) is 0. The molecule has 0 unspecified atom stereocenters. The highest BCUT2D eigenvalue weighted by molar-refractivity contribution is 6.45. The predicted molar refractivity (Wildman–Crippen MR) is 74.2 cm³/mol. The first-order valence-corrected chi connectivity index (χ1v) is 7.10. The summed E-state index contributed by atoms with van der Waals surface area (Å²) in [6.45, 7) is 13.0. The van der Waals surface area contributed by atoms with Gasteiger partial charge in [-0.2, -0.15) is 0 Å². The Morgan fingerprint density at radius 1 is 0.882 bits per heavy atom. The quantitative estimate of drug-likeness (QED) is 0.509. The topological polar surface area (TPSA) is 18.5 Å². The van der Waals surface area contributed by atoms with Crippen LogP contribution >= 0.6 is 0 Å². The summed E-state index contributed by atoms with van der Waals surface area (Å²) in [5.41, 5.74) is -0.342. The van der Waals surface area contributed by atoms with Gasteiger partial charge in [0.2, 0.25) is 0 Å². The molecule has 1 aliphatic heterocycles. The van der Waals surface area contributed by atoms with Gasteiger partial charge in [-0.3, -0.25) is 0 Å². The molecule has 0 bridgehead atoms. The van der Waals surface area contributed by atoms with Crippen LogP contribution in [0.1, 0.15) is 67.2 Å². The maximum atomic E-state index is 5.97. The average molecular weight is 240 g/mol. The summed E-state index contributed by atoms with van der Waals surface area (Å²) >= 11 is 0. The van der Waals surface area contributed by atoms with Crippen LogP contribution in [0.4, 0.5) is 0 Å². The van der Waals surface area contributed by atoms with E-state index in [1.807, 2.05) is 0 Å². The molecular formula is C14H29BO2. The largest absolute Gasteiger partial charge is 0.457 e. The molecule has 100 valence electrons. The van der Waals surface area contributed by atoms with Crippen molar-refractivity contribution in [3.8, 4) is 0 Å². The van der Waals surface area contributed by atoms with Crippen LogP contribution in [0.2, 0.25) is 6.32 Å². The Balaban J connectivity index is 2.18. The van der Waals surface area contributed by atoms with E-state index in [9.17, 15) is 0 Å². The third kappa shape index (κ3) is 4.29. The van der Waals surface area contributed by atoms with Gasteiger partial charge in [-0.25, -0.2) is 0 Å². The smallest absolute Gasteiger partial charge is 0.403 e. The van der Waals surface area contributed by atoms with Gasteiger partial charge in [0.05, 0.1) is 11.2 Å². The van der Waals surface area contributed by atoms with E-state index >= 15 is 0 Å². The summed E-state index contributed by atoms with van der Waals surface area (Å²) in [6, 6.07) is 0. The Bertz CT molecular complexity index is 220. The van der Waals surface area contributed by atoms with Crippen molar-refractivity contribution in [3.63, 3.8) is 0 Å². The van der Waals surface area contributed by atoms with Gasteiger partial charge in [0.1, 0.15) is 0 Å². The van der Waals surface area contributed by atoms with Crippen molar-refractivity contribution >= 4 is 7.12 Å². The number of rotatable bonds is 6. The first-order chi connectivity index (χ1) is 7.74. The van der Waals surface area contributed by atoms with Gasteiger partial charge in [-0.05, 0) is 39.9 Å². The molecule has 0 aromatic rings. The van der Waals surface area contributed by atoms with Crippen molar-refractivity contribution in [3.05, 3.63) is 0 Å². The molecule has 1 rings (SSSR count). The molecule has 0 radical (unpaired) electrons. The van der Waals surface area contributed by atoms with Gasteiger partial charge in [-0.1, -0.05) is 39.5 Å². The first-order valence-electron chi connectivity index (χ1n) is 7.10. The van der Waals surface area contributed by atoms with Crippen LogP contribution in [0.25, 0.3) is 0 Å². The predicted octanol–water partition coefficient (Wildman–Crippen LogP) is 4.30. The van der Waals surface area contributed by atoms with Crippen molar-refractivity contribution in [2.45, 2.75) is 84.7 Å². The van der Waals surface area contributed by atoms with E-state index in [2.05, 4.69) is 41.5 Å². The zero-order chi connectivity index (χ0) is 13.1. The lowest BCUT2D eigenvalue weighted by molar-refractivity contribution is 0.00578. The molecule has 3 heteroatoms. The van der Waals surface area contributed by atoms with Crippen LogP contribution < -0.4 is 0 Å². The van der Waals surface area contributed by atoms with Crippen LogP contribution in [0.15, 0.2) is 0 Å². The summed E-state index contributed by atoms with van der Waals surface area (Å²) in [7, 11) is -0.000880. The molecule has 1 heterocycles. The molecular weight excluding hydrogens is 211 g/mol. The van der Waals surface area contributed by atoms with Gasteiger partial charge in [-0.15, -0.1) is 0 Å². The number of hydrogen-bond acceptors (Lipinski definition) is 2. The Morgan fingerprint density at radius 2 is 1.41 bits per heavy atom.